The van der Waals surface area contributed by atoms with Crippen molar-refractivity contribution in [3.63, 3.8) is 0 Å². The third-order valence-corrected chi connectivity index (χ3v) is 2.09. The van der Waals surface area contributed by atoms with Gasteiger partial charge in [-0.25, -0.2) is 9.59 Å². The minimum Gasteiger partial charge on any atom is -0.438 e. The van der Waals surface area contributed by atoms with Gasteiger partial charge >= 0.3 is 12.3 Å². The summed E-state index contributed by atoms with van der Waals surface area (Å²) >= 11 is 0. The van der Waals surface area contributed by atoms with Gasteiger partial charge in [-0.3, -0.25) is 0 Å². The fraction of sp³-hybridized carbons (Fsp3) is 0.500. The first kappa shape index (κ1) is 16.0. The molecule has 0 spiro atoms. The highest BCUT2D eigenvalue weighted by molar-refractivity contribution is 5.60. The molecule has 0 aliphatic carbocycles. The van der Waals surface area contributed by atoms with Crippen molar-refractivity contribution in [2.45, 2.75) is 25.0 Å². The second-order valence-corrected chi connectivity index (χ2v) is 3.27. The molecule has 2 unspecified atom stereocenters. The molecule has 0 aromatic carbocycles. The third-order valence-electron chi connectivity index (χ3n) is 2.09. The lowest BCUT2D eigenvalue weighted by atomic mass is 10.1. The highest BCUT2D eigenvalue weighted by Gasteiger charge is 2.16. The summed E-state index contributed by atoms with van der Waals surface area (Å²) in [7, 11) is 2.44. The molecule has 18 heavy (non-hydrogen) atoms. The summed E-state index contributed by atoms with van der Waals surface area (Å²) in [5, 5.41) is 0. The molecule has 0 aromatic heterocycles. The molecule has 0 N–H and O–H groups in total. The van der Waals surface area contributed by atoms with Crippen molar-refractivity contribution >= 4 is 12.3 Å². The average molecular weight is 258 g/mol. The Kier molecular flexibility index (Phi) is 8.09. The lowest BCUT2D eigenvalue weighted by Gasteiger charge is -2.16. The fourth-order valence-corrected chi connectivity index (χ4v) is 1.12. The quantitative estimate of drug-likeness (QED) is 0.516. The Balaban J connectivity index is 4.15. The number of carbonyl (C=O) groups excluding carboxylic acids is 2. The summed E-state index contributed by atoms with van der Waals surface area (Å²) in [6, 6.07) is 0. The van der Waals surface area contributed by atoms with E-state index in [-0.39, 0.29) is 0 Å². The van der Waals surface area contributed by atoms with E-state index in [0.29, 0.717) is 12.8 Å². The van der Waals surface area contributed by atoms with Crippen molar-refractivity contribution in [3.8, 4) is 0 Å². The molecule has 0 aliphatic rings. The number of ether oxygens (including phenoxy) is 4. The molecule has 6 heteroatoms. The predicted molar refractivity (Wildman–Crippen MR) is 64.2 cm³/mol. The van der Waals surface area contributed by atoms with E-state index in [4.69, 9.17) is 9.47 Å². The van der Waals surface area contributed by atoms with Crippen LogP contribution in [0.4, 0.5) is 9.59 Å². The maximum absolute atomic E-state index is 10.9. The highest BCUT2D eigenvalue weighted by atomic mass is 16.7. The van der Waals surface area contributed by atoms with E-state index in [1.54, 1.807) is 0 Å². The molecule has 0 bridgehead atoms. The van der Waals surface area contributed by atoms with E-state index in [9.17, 15) is 9.59 Å². The van der Waals surface area contributed by atoms with Crippen LogP contribution < -0.4 is 0 Å². The van der Waals surface area contributed by atoms with Crippen LogP contribution in [-0.4, -0.2) is 38.7 Å². The van der Waals surface area contributed by atoms with E-state index in [1.807, 2.05) is 0 Å². The first-order chi connectivity index (χ1) is 8.57. The summed E-state index contributed by atoms with van der Waals surface area (Å²) in [4.78, 5) is 21.8. The molecule has 0 saturated heterocycles. The number of rotatable bonds is 7. The molecule has 0 fully saturated rings. The SMILES string of the molecule is C=CC(CCC(C=C)OC(=O)OC)OC(=O)OC. The molecule has 6 nitrogen and oxygen atoms in total. The van der Waals surface area contributed by atoms with Crippen molar-refractivity contribution in [2.75, 3.05) is 14.2 Å². The zero-order valence-corrected chi connectivity index (χ0v) is 10.6. The Morgan fingerprint density at radius 2 is 1.28 bits per heavy atom. The summed E-state index contributed by atoms with van der Waals surface area (Å²) < 4.78 is 18.5. The van der Waals surface area contributed by atoms with E-state index < -0.39 is 24.5 Å². The average Bonchev–Trinajstić information content (AvgIpc) is 2.40. The molecule has 0 aliphatic heterocycles. The van der Waals surface area contributed by atoms with Crippen LogP contribution in [0.1, 0.15) is 12.8 Å². The van der Waals surface area contributed by atoms with Crippen LogP contribution >= 0.6 is 0 Å². The van der Waals surface area contributed by atoms with Crippen LogP contribution in [0.3, 0.4) is 0 Å². The zero-order chi connectivity index (χ0) is 14.0. The van der Waals surface area contributed by atoms with Crippen molar-refractivity contribution in [2.24, 2.45) is 0 Å². The third kappa shape index (κ3) is 6.57. The standard InChI is InChI=1S/C12H18O6/c1-5-9(17-11(13)15-3)7-8-10(6-2)18-12(14)16-4/h5-6,9-10H,1-2,7-8H2,3-4H3. The Labute approximate surface area is 106 Å². The monoisotopic (exact) mass is 258 g/mol. The smallest absolute Gasteiger partial charge is 0.438 e. The summed E-state index contributed by atoms with van der Waals surface area (Å²) in [5.41, 5.74) is 0. The zero-order valence-electron chi connectivity index (χ0n) is 10.6. The van der Waals surface area contributed by atoms with Crippen molar-refractivity contribution < 1.29 is 28.5 Å². The number of hydrogen-bond acceptors (Lipinski definition) is 6. The highest BCUT2D eigenvalue weighted by Crippen LogP contribution is 2.11. The molecule has 2 atom stereocenters. The van der Waals surface area contributed by atoms with Gasteiger partial charge in [0.05, 0.1) is 14.2 Å². The maximum Gasteiger partial charge on any atom is 0.508 e. The van der Waals surface area contributed by atoms with Gasteiger partial charge in [0, 0.05) is 0 Å². The lowest BCUT2D eigenvalue weighted by Crippen LogP contribution is -2.21. The molecular formula is C12H18O6. The van der Waals surface area contributed by atoms with Gasteiger partial charge in [-0.05, 0) is 12.8 Å². The van der Waals surface area contributed by atoms with E-state index in [1.165, 1.54) is 26.4 Å². The first-order valence-corrected chi connectivity index (χ1v) is 5.31. The maximum atomic E-state index is 10.9. The van der Waals surface area contributed by atoms with Gasteiger partial charge in [-0.2, -0.15) is 0 Å². The van der Waals surface area contributed by atoms with E-state index >= 15 is 0 Å². The second kappa shape index (κ2) is 9.09. The minimum atomic E-state index is -0.788. The molecular weight excluding hydrogens is 240 g/mol. The van der Waals surface area contributed by atoms with Gasteiger partial charge in [0.2, 0.25) is 0 Å². The normalized spacial score (nSPS) is 12.8. The lowest BCUT2D eigenvalue weighted by molar-refractivity contribution is 0.0321. The molecule has 0 aromatic rings. The topological polar surface area (TPSA) is 71.1 Å². The second-order valence-electron chi connectivity index (χ2n) is 3.27. The van der Waals surface area contributed by atoms with Crippen LogP contribution in [0, 0.1) is 0 Å². The van der Waals surface area contributed by atoms with Gasteiger partial charge < -0.3 is 18.9 Å². The van der Waals surface area contributed by atoms with Crippen molar-refractivity contribution in [1.82, 2.24) is 0 Å². The Bertz CT molecular complexity index is 269. The van der Waals surface area contributed by atoms with Crippen LogP contribution in [0.25, 0.3) is 0 Å². The van der Waals surface area contributed by atoms with Crippen LogP contribution in [0.5, 0.6) is 0 Å². The molecule has 0 amide bonds. The summed E-state index contributed by atoms with van der Waals surface area (Å²) in [6.45, 7) is 7.08. The van der Waals surface area contributed by atoms with E-state index in [0.717, 1.165) is 0 Å². The predicted octanol–water partition coefficient (Wildman–Crippen LogP) is 2.44. The van der Waals surface area contributed by atoms with Gasteiger partial charge in [0.25, 0.3) is 0 Å². The van der Waals surface area contributed by atoms with Crippen molar-refractivity contribution in [3.05, 3.63) is 25.3 Å². The Morgan fingerprint density at radius 1 is 0.944 bits per heavy atom. The van der Waals surface area contributed by atoms with Crippen molar-refractivity contribution in [1.29, 1.82) is 0 Å². The van der Waals surface area contributed by atoms with Gasteiger partial charge in [0.15, 0.2) is 0 Å². The fourth-order valence-electron chi connectivity index (χ4n) is 1.12. The van der Waals surface area contributed by atoms with Crippen LogP contribution in [0.2, 0.25) is 0 Å². The number of methoxy groups -OCH3 is 2. The molecule has 102 valence electrons. The summed E-state index contributed by atoms with van der Waals surface area (Å²) in [6.07, 6.45) is 1.18. The number of carbonyl (C=O) groups is 2. The van der Waals surface area contributed by atoms with Gasteiger partial charge in [-0.15, -0.1) is 0 Å². The van der Waals surface area contributed by atoms with Crippen LogP contribution in [0.15, 0.2) is 25.3 Å². The Morgan fingerprint density at radius 3 is 1.50 bits per heavy atom. The van der Waals surface area contributed by atoms with E-state index in [2.05, 4.69) is 22.6 Å². The largest absolute Gasteiger partial charge is 0.508 e. The van der Waals surface area contributed by atoms with Gasteiger partial charge in [0.1, 0.15) is 12.2 Å². The Hall–Kier alpha value is -1.98. The molecule has 0 radical (unpaired) electrons. The summed E-state index contributed by atoms with van der Waals surface area (Å²) in [5.74, 6) is 0. The first-order valence-electron chi connectivity index (χ1n) is 5.31. The number of hydrogen-bond donors (Lipinski definition) is 0. The molecule has 0 rings (SSSR count). The van der Waals surface area contributed by atoms with Crippen LogP contribution in [-0.2, 0) is 18.9 Å². The molecule has 0 saturated carbocycles. The molecule has 0 heterocycles. The minimum absolute atomic E-state index is 0.423. The van der Waals surface area contributed by atoms with Gasteiger partial charge in [-0.1, -0.05) is 25.3 Å².